The van der Waals surface area contributed by atoms with E-state index in [-0.39, 0.29) is 17.2 Å². The van der Waals surface area contributed by atoms with Crippen LogP contribution in [0.5, 0.6) is 0 Å². The smallest absolute Gasteiger partial charge is 0.262 e. The molecule has 4 aromatic rings. The molecule has 4 rings (SSSR count). The molecule has 1 aromatic carbocycles. The number of amides is 1. The number of aromatic nitrogens is 2. The number of benzene rings is 1. The normalized spacial score (nSPS) is 11.0. The van der Waals surface area contributed by atoms with Gasteiger partial charge in [0.15, 0.2) is 5.16 Å². The minimum absolute atomic E-state index is 0.109. The number of nitrogens with one attached hydrogen (secondary N) is 1. The molecular formula is C20H17N3O3S2. The SMILES string of the molecule is Cn1c(SCC(=O)NCc2ccco2)nc2sc(-c3ccccc3)cc2c1=O. The number of nitrogens with zero attached hydrogens (tertiary/aromatic N) is 2. The Balaban J connectivity index is 1.52. The number of furan rings is 1. The fourth-order valence-electron chi connectivity index (χ4n) is 2.70. The van der Waals surface area contributed by atoms with E-state index < -0.39 is 0 Å². The van der Waals surface area contributed by atoms with Gasteiger partial charge in [-0.05, 0) is 23.8 Å². The fourth-order valence-corrected chi connectivity index (χ4v) is 4.58. The minimum atomic E-state index is -0.146. The average molecular weight is 412 g/mol. The minimum Gasteiger partial charge on any atom is -0.467 e. The van der Waals surface area contributed by atoms with E-state index in [0.29, 0.717) is 27.7 Å². The van der Waals surface area contributed by atoms with Crippen LogP contribution < -0.4 is 10.9 Å². The number of rotatable bonds is 6. The topological polar surface area (TPSA) is 77.1 Å². The van der Waals surface area contributed by atoms with Crippen molar-refractivity contribution in [3.8, 4) is 10.4 Å². The van der Waals surface area contributed by atoms with Crippen LogP contribution in [0.15, 0.2) is 69.2 Å². The quantitative estimate of drug-likeness (QED) is 0.387. The van der Waals surface area contributed by atoms with Gasteiger partial charge in [0.2, 0.25) is 5.91 Å². The van der Waals surface area contributed by atoms with Crippen molar-refractivity contribution in [2.45, 2.75) is 11.7 Å². The van der Waals surface area contributed by atoms with E-state index in [0.717, 1.165) is 10.4 Å². The van der Waals surface area contributed by atoms with Crippen LogP contribution in [0.25, 0.3) is 20.7 Å². The Morgan fingerprint density at radius 3 is 2.82 bits per heavy atom. The molecule has 1 N–H and O–H groups in total. The summed E-state index contributed by atoms with van der Waals surface area (Å²) in [6.07, 6.45) is 1.57. The number of carbonyl (C=O) groups is 1. The van der Waals surface area contributed by atoms with Gasteiger partial charge in [0.25, 0.3) is 5.56 Å². The molecule has 28 heavy (non-hydrogen) atoms. The Hall–Kier alpha value is -2.84. The third-order valence-corrected chi connectivity index (χ3v) is 6.27. The summed E-state index contributed by atoms with van der Waals surface area (Å²) in [5.41, 5.74) is 0.945. The van der Waals surface area contributed by atoms with Crippen molar-refractivity contribution in [2.24, 2.45) is 7.05 Å². The Bertz CT molecular complexity index is 1160. The molecule has 6 nitrogen and oxygen atoms in total. The summed E-state index contributed by atoms with van der Waals surface area (Å²) < 4.78 is 6.68. The van der Waals surface area contributed by atoms with Crippen molar-refractivity contribution in [1.82, 2.24) is 14.9 Å². The van der Waals surface area contributed by atoms with Crippen LogP contribution in [-0.4, -0.2) is 21.2 Å². The summed E-state index contributed by atoms with van der Waals surface area (Å²) in [6, 6.07) is 15.4. The number of thiophene rings is 1. The first-order valence-electron chi connectivity index (χ1n) is 8.59. The zero-order valence-corrected chi connectivity index (χ0v) is 16.7. The number of thioether (sulfide) groups is 1. The lowest BCUT2D eigenvalue weighted by atomic mass is 10.2. The van der Waals surface area contributed by atoms with Crippen LogP contribution in [0.4, 0.5) is 0 Å². The lowest BCUT2D eigenvalue weighted by molar-refractivity contribution is -0.118. The maximum Gasteiger partial charge on any atom is 0.262 e. The van der Waals surface area contributed by atoms with Gasteiger partial charge in [0.05, 0.1) is 23.9 Å². The van der Waals surface area contributed by atoms with Crippen molar-refractivity contribution in [2.75, 3.05) is 5.75 Å². The predicted octanol–water partition coefficient (Wildman–Crippen LogP) is 3.66. The molecule has 8 heteroatoms. The first-order valence-corrected chi connectivity index (χ1v) is 10.4. The third-order valence-electron chi connectivity index (χ3n) is 4.16. The van der Waals surface area contributed by atoms with Crippen LogP contribution >= 0.6 is 23.1 Å². The first-order chi connectivity index (χ1) is 13.6. The molecule has 0 radical (unpaired) electrons. The predicted molar refractivity (Wildman–Crippen MR) is 112 cm³/mol. The van der Waals surface area contributed by atoms with Crippen LogP contribution in [0.3, 0.4) is 0 Å². The zero-order chi connectivity index (χ0) is 19.5. The highest BCUT2D eigenvalue weighted by atomic mass is 32.2. The Morgan fingerprint density at radius 1 is 1.25 bits per heavy atom. The van der Waals surface area contributed by atoms with Crippen molar-refractivity contribution >= 4 is 39.2 Å². The van der Waals surface area contributed by atoms with Gasteiger partial charge in [0.1, 0.15) is 10.6 Å². The van der Waals surface area contributed by atoms with Gasteiger partial charge < -0.3 is 9.73 Å². The molecular weight excluding hydrogens is 394 g/mol. The highest BCUT2D eigenvalue weighted by Crippen LogP contribution is 2.31. The van der Waals surface area contributed by atoms with Crippen molar-refractivity contribution in [1.29, 1.82) is 0 Å². The molecule has 0 bridgehead atoms. The number of hydrogen-bond donors (Lipinski definition) is 1. The number of carbonyl (C=O) groups excluding carboxylic acids is 1. The molecule has 0 spiro atoms. The van der Waals surface area contributed by atoms with Crippen molar-refractivity contribution in [3.63, 3.8) is 0 Å². The maximum absolute atomic E-state index is 12.7. The second kappa shape index (κ2) is 8.04. The molecule has 0 fully saturated rings. The number of hydrogen-bond acceptors (Lipinski definition) is 6. The van der Waals surface area contributed by atoms with E-state index in [1.807, 2.05) is 36.4 Å². The molecule has 0 atom stereocenters. The van der Waals surface area contributed by atoms with Crippen molar-refractivity contribution < 1.29 is 9.21 Å². The fraction of sp³-hybridized carbons (Fsp3) is 0.150. The molecule has 0 saturated carbocycles. The zero-order valence-electron chi connectivity index (χ0n) is 15.0. The molecule has 1 amide bonds. The summed E-state index contributed by atoms with van der Waals surface area (Å²) in [7, 11) is 1.68. The first kappa shape index (κ1) is 18.5. The highest BCUT2D eigenvalue weighted by molar-refractivity contribution is 7.99. The van der Waals surface area contributed by atoms with E-state index in [2.05, 4.69) is 10.3 Å². The Labute approximate surface area is 169 Å². The van der Waals surface area contributed by atoms with Crippen LogP contribution in [0.2, 0.25) is 0 Å². The van der Waals surface area contributed by atoms with Crippen LogP contribution in [-0.2, 0) is 18.4 Å². The van der Waals surface area contributed by atoms with Gasteiger partial charge >= 0.3 is 0 Å². The molecule has 0 aliphatic carbocycles. The molecule has 3 heterocycles. The summed E-state index contributed by atoms with van der Waals surface area (Å²) in [5.74, 6) is 0.716. The Morgan fingerprint density at radius 2 is 2.07 bits per heavy atom. The summed E-state index contributed by atoms with van der Waals surface area (Å²) in [4.78, 5) is 31.1. The summed E-state index contributed by atoms with van der Waals surface area (Å²) in [6.45, 7) is 0.336. The second-order valence-corrected chi connectivity index (χ2v) is 8.07. The largest absolute Gasteiger partial charge is 0.467 e. The molecule has 0 aliphatic rings. The summed E-state index contributed by atoms with van der Waals surface area (Å²) in [5, 5.41) is 3.90. The maximum atomic E-state index is 12.7. The molecule has 0 aliphatic heterocycles. The second-order valence-electron chi connectivity index (χ2n) is 6.10. The lowest BCUT2D eigenvalue weighted by Crippen LogP contribution is -2.25. The summed E-state index contributed by atoms with van der Waals surface area (Å²) >= 11 is 2.72. The molecule has 3 aromatic heterocycles. The average Bonchev–Trinajstić information content (AvgIpc) is 3.38. The van der Waals surface area contributed by atoms with Crippen LogP contribution in [0, 0.1) is 0 Å². The van der Waals surface area contributed by atoms with Crippen LogP contribution in [0.1, 0.15) is 5.76 Å². The molecule has 0 unspecified atom stereocenters. The van der Waals surface area contributed by atoms with E-state index in [9.17, 15) is 9.59 Å². The van der Waals surface area contributed by atoms with E-state index in [4.69, 9.17) is 4.42 Å². The van der Waals surface area contributed by atoms with E-state index in [1.165, 1.54) is 27.7 Å². The standard InChI is InChI=1S/C20H17N3O3S2/c1-23-19(25)15-10-16(13-6-3-2-4-7-13)28-18(15)22-20(23)27-12-17(24)21-11-14-8-5-9-26-14/h2-10H,11-12H2,1H3,(H,21,24). The van der Waals surface area contributed by atoms with Gasteiger partial charge in [-0.1, -0.05) is 42.1 Å². The van der Waals surface area contributed by atoms with E-state index >= 15 is 0 Å². The van der Waals surface area contributed by atoms with Crippen molar-refractivity contribution in [3.05, 3.63) is 70.9 Å². The lowest BCUT2D eigenvalue weighted by Gasteiger charge is -2.07. The monoisotopic (exact) mass is 411 g/mol. The van der Waals surface area contributed by atoms with Gasteiger partial charge in [-0.15, -0.1) is 11.3 Å². The molecule has 142 valence electrons. The Kier molecular flexibility index (Phi) is 5.31. The molecule has 0 saturated heterocycles. The third kappa shape index (κ3) is 3.88. The number of fused-ring (bicyclic) bond motifs is 1. The van der Waals surface area contributed by atoms with Gasteiger partial charge in [-0.3, -0.25) is 14.2 Å². The highest BCUT2D eigenvalue weighted by Gasteiger charge is 2.14. The van der Waals surface area contributed by atoms with Gasteiger partial charge in [-0.25, -0.2) is 4.98 Å². The van der Waals surface area contributed by atoms with Gasteiger partial charge in [0, 0.05) is 11.9 Å². The van der Waals surface area contributed by atoms with Gasteiger partial charge in [-0.2, -0.15) is 0 Å². The van der Waals surface area contributed by atoms with E-state index in [1.54, 1.807) is 25.4 Å².